The van der Waals surface area contributed by atoms with Gasteiger partial charge in [-0.15, -0.1) is 0 Å². The van der Waals surface area contributed by atoms with Crippen molar-refractivity contribution in [3.05, 3.63) is 35.7 Å². The molecule has 0 aliphatic carbocycles. The smallest absolute Gasteiger partial charge is 0.265 e. The predicted molar refractivity (Wildman–Crippen MR) is 99.6 cm³/mol. The van der Waals surface area contributed by atoms with Gasteiger partial charge in [-0.05, 0) is 33.0 Å². The van der Waals surface area contributed by atoms with Crippen molar-refractivity contribution in [2.75, 3.05) is 42.8 Å². The average Bonchev–Trinajstić information content (AvgIpc) is 2.81. The van der Waals surface area contributed by atoms with Crippen molar-refractivity contribution in [1.82, 2.24) is 14.7 Å². The highest BCUT2D eigenvalue weighted by Gasteiger charge is 2.26. The monoisotopic (exact) mass is 363 g/mol. The topological polar surface area (TPSA) is 70.5 Å². The largest absolute Gasteiger partial charge is 0.367 e. The van der Waals surface area contributed by atoms with Crippen LogP contribution in [0.15, 0.2) is 29.2 Å². The second-order valence-electron chi connectivity index (χ2n) is 6.54. The lowest BCUT2D eigenvalue weighted by Crippen LogP contribution is -2.44. The molecule has 1 aromatic heterocycles. The van der Waals surface area contributed by atoms with E-state index in [-0.39, 0.29) is 4.90 Å². The Morgan fingerprint density at radius 2 is 1.68 bits per heavy atom. The van der Waals surface area contributed by atoms with Crippen LogP contribution in [0.5, 0.6) is 0 Å². The molecule has 136 valence electrons. The zero-order valence-corrected chi connectivity index (χ0v) is 16.0. The summed E-state index contributed by atoms with van der Waals surface area (Å²) in [5.41, 5.74) is 2.65. The average molecular weight is 363 g/mol. The molecular weight excluding hydrogens is 338 g/mol. The van der Waals surface area contributed by atoms with Crippen LogP contribution in [0, 0.1) is 13.8 Å². The second kappa shape index (κ2) is 6.68. The summed E-state index contributed by atoms with van der Waals surface area (Å²) in [5.74, 6) is 0. The maximum Gasteiger partial charge on any atom is 0.265 e. The fourth-order valence-electron chi connectivity index (χ4n) is 3.22. The fourth-order valence-corrected chi connectivity index (χ4v) is 4.74. The molecule has 1 N–H and O–H groups in total. The third-order valence-electron chi connectivity index (χ3n) is 4.70. The van der Waals surface area contributed by atoms with E-state index in [9.17, 15) is 8.42 Å². The Balaban J connectivity index is 1.93. The molecule has 0 spiro atoms. The minimum atomic E-state index is -3.70. The van der Waals surface area contributed by atoms with Gasteiger partial charge in [-0.3, -0.25) is 9.40 Å². The van der Waals surface area contributed by atoms with Crippen molar-refractivity contribution in [3.8, 4) is 0 Å². The molecule has 8 heteroatoms. The van der Waals surface area contributed by atoms with Gasteiger partial charge in [0.25, 0.3) is 10.0 Å². The lowest BCUT2D eigenvalue weighted by molar-refractivity contribution is 0.313. The molecule has 0 bridgehead atoms. The van der Waals surface area contributed by atoms with E-state index in [1.54, 1.807) is 25.6 Å². The third kappa shape index (κ3) is 3.50. The quantitative estimate of drug-likeness (QED) is 0.893. The Bertz CT molecular complexity index is 867. The van der Waals surface area contributed by atoms with Gasteiger partial charge in [-0.1, -0.05) is 12.1 Å². The molecule has 0 unspecified atom stereocenters. The van der Waals surface area contributed by atoms with Crippen molar-refractivity contribution in [1.29, 1.82) is 0 Å². The van der Waals surface area contributed by atoms with E-state index in [0.717, 1.165) is 31.9 Å². The molecule has 1 aliphatic heterocycles. The highest BCUT2D eigenvalue weighted by Crippen LogP contribution is 2.30. The van der Waals surface area contributed by atoms with E-state index < -0.39 is 10.0 Å². The predicted octanol–water partition coefficient (Wildman–Crippen LogP) is 1.59. The van der Waals surface area contributed by atoms with Crippen LogP contribution in [-0.4, -0.2) is 56.3 Å². The lowest BCUT2D eigenvalue weighted by atomic mass is 10.2. The summed E-state index contributed by atoms with van der Waals surface area (Å²) >= 11 is 0. The molecule has 1 saturated heterocycles. The van der Waals surface area contributed by atoms with Crippen LogP contribution < -0.4 is 9.62 Å². The molecule has 0 radical (unpaired) electrons. The van der Waals surface area contributed by atoms with Crippen molar-refractivity contribution in [2.24, 2.45) is 7.05 Å². The number of aromatic nitrogens is 2. The number of nitrogens with zero attached hydrogens (tertiary/aromatic N) is 4. The van der Waals surface area contributed by atoms with Crippen molar-refractivity contribution >= 4 is 21.4 Å². The number of likely N-dealkylation sites (N-methyl/N-ethyl adjacent to an activating group) is 1. The van der Waals surface area contributed by atoms with Gasteiger partial charge in [0.15, 0.2) is 0 Å². The molecule has 1 aromatic carbocycles. The highest BCUT2D eigenvalue weighted by molar-refractivity contribution is 7.92. The molecule has 3 rings (SSSR count). The van der Waals surface area contributed by atoms with E-state index in [4.69, 9.17) is 0 Å². The van der Waals surface area contributed by atoms with Gasteiger partial charge in [-0.2, -0.15) is 5.10 Å². The normalized spacial score (nSPS) is 16.2. The van der Waals surface area contributed by atoms with Crippen LogP contribution in [0.4, 0.5) is 11.4 Å². The summed E-state index contributed by atoms with van der Waals surface area (Å²) in [4.78, 5) is 4.75. The number of nitrogens with one attached hydrogen (secondary N) is 1. The van der Waals surface area contributed by atoms with Gasteiger partial charge in [0.1, 0.15) is 4.90 Å². The van der Waals surface area contributed by atoms with Gasteiger partial charge in [0.2, 0.25) is 0 Å². The maximum atomic E-state index is 13.0. The molecule has 0 amide bonds. The summed E-state index contributed by atoms with van der Waals surface area (Å²) in [7, 11) is 0.150. The van der Waals surface area contributed by atoms with Crippen LogP contribution in [0.25, 0.3) is 0 Å². The number of benzene rings is 1. The standard InChI is InChI=1S/C17H25N5O2S/c1-13-17(14(2)21(4)18-13)25(23,24)19-15-7-5-6-8-16(15)22-11-9-20(3)10-12-22/h5-8,19H,9-12H2,1-4H3. The third-order valence-corrected chi connectivity index (χ3v) is 6.32. The summed E-state index contributed by atoms with van der Waals surface area (Å²) < 4.78 is 30.3. The Labute approximate surface area is 149 Å². The number of rotatable bonds is 4. The molecule has 1 aliphatic rings. The molecule has 2 heterocycles. The zero-order chi connectivity index (χ0) is 18.2. The van der Waals surface area contributed by atoms with E-state index in [1.165, 1.54) is 0 Å². The minimum Gasteiger partial charge on any atom is -0.367 e. The number of hydrogen-bond acceptors (Lipinski definition) is 5. The van der Waals surface area contributed by atoms with E-state index >= 15 is 0 Å². The number of sulfonamides is 1. The zero-order valence-electron chi connectivity index (χ0n) is 15.2. The molecule has 7 nitrogen and oxygen atoms in total. The summed E-state index contributed by atoms with van der Waals surface area (Å²) in [6, 6.07) is 7.56. The van der Waals surface area contributed by atoms with Crippen molar-refractivity contribution in [2.45, 2.75) is 18.7 Å². The molecule has 25 heavy (non-hydrogen) atoms. The van der Waals surface area contributed by atoms with E-state index in [2.05, 4.69) is 26.7 Å². The van der Waals surface area contributed by atoms with Crippen LogP contribution in [0.2, 0.25) is 0 Å². The Hall–Kier alpha value is -2.06. The summed E-state index contributed by atoms with van der Waals surface area (Å²) in [5, 5.41) is 4.22. The number of hydrogen-bond donors (Lipinski definition) is 1. The Kier molecular flexibility index (Phi) is 4.75. The first-order valence-electron chi connectivity index (χ1n) is 8.35. The molecular formula is C17H25N5O2S. The highest BCUT2D eigenvalue weighted by atomic mass is 32.2. The minimum absolute atomic E-state index is 0.253. The molecule has 0 atom stereocenters. The number of aryl methyl sites for hydroxylation is 2. The van der Waals surface area contributed by atoms with Gasteiger partial charge < -0.3 is 9.80 Å². The molecule has 0 saturated carbocycles. The fraction of sp³-hybridized carbons (Fsp3) is 0.471. The molecule has 1 fully saturated rings. The second-order valence-corrected chi connectivity index (χ2v) is 8.16. The van der Waals surface area contributed by atoms with Crippen LogP contribution >= 0.6 is 0 Å². The summed E-state index contributed by atoms with van der Waals surface area (Å²) in [6.07, 6.45) is 0. The van der Waals surface area contributed by atoms with Crippen LogP contribution in [-0.2, 0) is 17.1 Å². The first-order valence-corrected chi connectivity index (χ1v) is 9.83. The Morgan fingerprint density at radius 1 is 1.04 bits per heavy atom. The van der Waals surface area contributed by atoms with Crippen LogP contribution in [0.3, 0.4) is 0 Å². The number of piperazine rings is 1. The van der Waals surface area contributed by atoms with E-state index in [1.807, 2.05) is 24.3 Å². The van der Waals surface area contributed by atoms with Crippen molar-refractivity contribution in [3.63, 3.8) is 0 Å². The lowest BCUT2D eigenvalue weighted by Gasteiger charge is -2.35. The van der Waals surface area contributed by atoms with Gasteiger partial charge in [0.05, 0.1) is 22.8 Å². The van der Waals surface area contributed by atoms with Gasteiger partial charge >= 0.3 is 0 Å². The first kappa shape index (κ1) is 17.8. The number of para-hydroxylation sites is 2. The van der Waals surface area contributed by atoms with Gasteiger partial charge in [-0.25, -0.2) is 8.42 Å². The van der Waals surface area contributed by atoms with Crippen LogP contribution in [0.1, 0.15) is 11.4 Å². The summed E-state index contributed by atoms with van der Waals surface area (Å²) in [6.45, 7) is 7.15. The maximum absolute atomic E-state index is 13.0. The van der Waals surface area contributed by atoms with Crippen molar-refractivity contribution < 1.29 is 8.42 Å². The first-order chi connectivity index (χ1) is 11.8. The Morgan fingerprint density at radius 3 is 2.28 bits per heavy atom. The van der Waals surface area contributed by atoms with E-state index in [0.29, 0.717) is 17.1 Å². The SMILES string of the molecule is Cc1nn(C)c(C)c1S(=O)(=O)Nc1ccccc1N1CCN(C)CC1. The van der Waals surface area contributed by atoms with Gasteiger partial charge in [0, 0.05) is 33.2 Å². The molecule has 2 aromatic rings. The number of anilines is 2.